The predicted octanol–water partition coefficient (Wildman–Crippen LogP) is 1.55. The summed E-state index contributed by atoms with van der Waals surface area (Å²) in [5.41, 5.74) is 2.14. The van der Waals surface area contributed by atoms with E-state index in [0.29, 0.717) is 5.56 Å². The summed E-state index contributed by atoms with van der Waals surface area (Å²) in [6, 6.07) is 7.23. The van der Waals surface area contributed by atoms with Crippen LogP contribution < -0.4 is 11.3 Å². The van der Waals surface area contributed by atoms with E-state index in [1.165, 1.54) is 23.0 Å². The monoisotopic (exact) mass is 284 g/mol. The number of rotatable bonds is 3. The molecule has 0 aliphatic carbocycles. The zero-order valence-electron chi connectivity index (χ0n) is 10.2. The molecule has 0 aliphatic heterocycles. The molecule has 3 N–H and O–H groups in total. The van der Waals surface area contributed by atoms with Crippen LogP contribution in [0.4, 0.5) is 13.2 Å². The highest BCUT2D eigenvalue weighted by atomic mass is 19.4. The molecule has 106 valence electrons. The number of aromatic nitrogens is 2. The van der Waals surface area contributed by atoms with E-state index in [4.69, 9.17) is 5.84 Å². The van der Waals surface area contributed by atoms with Crippen molar-refractivity contribution in [3.8, 4) is 0 Å². The van der Waals surface area contributed by atoms with Crippen molar-refractivity contribution in [2.75, 3.05) is 0 Å². The topological polar surface area (TPSA) is 72.9 Å². The molecule has 1 heterocycles. The Hall–Kier alpha value is -2.35. The van der Waals surface area contributed by atoms with Crippen molar-refractivity contribution in [2.24, 2.45) is 5.84 Å². The van der Waals surface area contributed by atoms with Crippen LogP contribution >= 0.6 is 0 Å². The maximum atomic E-state index is 12.4. The van der Waals surface area contributed by atoms with Gasteiger partial charge in [0.15, 0.2) is 5.69 Å². The number of amides is 1. The van der Waals surface area contributed by atoms with E-state index in [1.807, 2.05) is 5.43 Å². The molecular weight excluding hydrogens is 273 g/mol. The normalized spacial score (nSPS) is 11.4. The number of hydrogen-bond acceptors (Lipinski definition) is 3. The third-order valence-electron chi connectivity index (χ3n) is 2.62. The van der Waals surface area contributed by atoms with Crippen LogP contribution in [0.3, 0.4) is 0 Å². The maximum absolute atomic E-state index is 12.4. The lowest BCUT2D eigenvalue weighted by molar-refractivity contribution is -0.141. The van der Waals surface area contributed by atoms with E-state index in [1.54, 1.807) is 12.1 Å². The van der Waals surface area contributed by atoms with Gasteiger partial charge in [0, 0.05) is 11.8 Å². The molecule has 0 saturated heterocycles. The molecule has 0 aliphatic rings. The number of halogens is 3. The van der Waals surface area contributed by atoms with Gasteiger partial charge in [-0.05, 0) is 23.8 Å². The predicted molar refractivity (Wildman–Crippen MR) is 64.4 cm³/mol. The van der Waals surface area contributed by atoms with Gasteiger partial charge in [-0.3, -0.25) is 14.9 Å². The summed E-state index contributed by atoms with van der Waals surface area (Å²) in [7, 11) is 0. The smallest absolute Gasteiger partial charge is 0.290 e. The second kappa shape index (κ2) is 5.33. The number of carbonyl (C=O) groups excluding carboxylic acids is 1. The quantitative estimate of drug-likeness (QED) is 0.510. The lowest BCUT2D eigenvalue weighted by Crippen LogP contribution is -2.29. The largest absolute Gasteiger partial charge is 0.435 e. The van der Waals surface area contributed by atoms with Gasteiger partial charge in [0.25, 0.3) is 5.91 Å². The highest BCUT2D eigenvalue weighted by Crippen LogP contribution is 2.27. The minimum absolute atomic E-state index is 0.181. The van der Waals surface area contributed by atoms with Crippen molar-refractivity contribution in [1.82, 2.24) is 15.2 Å². The number of hydrogen-bond donors (Lipinski definition) is 2. The first-order valence-electron chi connectivity index (χ1n) is 5.60. The van der Waals surface area contributed by atoms with E-state index in [0.717, 1.165) is 11.6 Å². The highest BCUT2D eigenvalue weighted by molar-refractivity contribution is 5.93. The van der Waals surface area contributed by atoms with Crippen LogP contribution in [0.1, 0.15) is 21.6 Å². The molecule has 0 atom stereocenters. The molecule has 0 bridgehead atoms. The summed E-state index contributed by atoms with van der Waals surface area (Å²) in [5, 5.41) is 3.44. The third kappa shape index (κ3) is 3.15. The molecule has 0 fully saturated rings. The number of nitrogen functional groups attached to an aromatic ring is 1. The number of benzene rings is 1. The van der Waals surface area contributed by atoms with Gasteiger partial charge in [0.2, 0.25) is 0 Å². The summed E-state index contributed by atoms with van der Waals surface area (Å²) in [5.74, 6) is 4.55. The van der Waals surface area contributed by atoms with Crippen LogP contribution in [-0.4, -0.2) is 15.7 Å². The van der Waals surface area contributed by atoms with Crippen LogP contribution in [-0.2, 0) is 12.7 Å². The molecule has 1 aromatic carbocycles. The van der Waals surface area contributed by atoms with E-state index >= 15 is 0 Å². The Labute approximate surface area is 112 Å². The molecule has 5 nitrogen and oxygen atoms in total. The van der Waals surface area contributed by atoms with Gasteiger partial charge in [-0.2, -0.15) is 18.3 Å². The van der Waals surface area contributed by atoms with E-state index in [9.17, 15) is 18.0 Å². The van der Waals surface area contributed by atoms with Crippen LogP contribution in [0.25, 0.3) is 0 Å². The van der Waals surface area contributed by atoms with Gasteiger partial charge in [-0.25, -0.2) is 5.84 Å². The molecule has 0 spiro atoms. The van der Waals surface area contributed by atoms with Crippen molar-refractivity contribution in [2.45, 2.75) is 12.7 Å². The second-order valence-corrected chi connectivity index (χ2v) is 4.07. The molecular formula is C12H11F3N4O. The number of carbonyl (C=O) groups is 1. The zero-order chi connectivity index (χ0) is 14.8. The fraction of sp³-hybridized carbons (Fsp3) is 0.167. The van der Waals surface area contributed by atoms with E-state index in [2.05, 4.69) is 5.10 Å². The first-order chi connectivity index (χ1) is 9.40. The second-order valence-electron chi connectivity index (χ2n) is 4.07. The Balaban J connectivity index is 2.10. The van der Waals surface area contributed by atoms with Gasteiger partial charge in [0.05, 0.1) is 6.54 Å². The Morgan fingerprint density at radius 2 is 1.90 bits per heavy atom. The highest BCUT2D eigenvalue weighted by Gasteiger charge is 2.33. The number of nitrogens with two attached hydrogens (primary N) is 1. The number of alkyl halides is 3. The third-order valence-corrected chi connectivity index (χ3v) is 2.62. The summed E-state index contributed by atoms with van der Waals surface area (Å²) < 4.78 is 38.3. The van der Waals surface area contributed by atoms with Crippen molar-refractivity contribution in [3.63, 3.8) is 0 Å². The molecule has 1 aromatic heterocycles. The van der Waals surface area contributed by atoms with Gasteiger partial charge in [-0.1, -0.05) is 12.1 Å². The Bertz CT molecular complexity index is 604. The minimum Gasteiger partial charge on any atom is -0.290 e. The van der Waals surface area contributed by atoms with Gasteiger partial charge in [0.1, 0.15) is 0 Å². The lowest BCUT2D eigenvalue weighted by Gasteiger charge is -2.04. The van der Waals surface area contributed by atoms with Crippen LogP contribution in [0.15, 0.2) is 36.5 Å². The fourth-order valence-electron chi connectivity index (χ4n) is 1.63. The number of hydrazine groups is 1. The number of nitrogens with zero attached hydrogens (tertiary/aromatic N) is 2. The lowest BCUT2D eigenvalue weighted by atomic mass is 10.1. The molecule has 0 saturated carbocycles. The van der Waals surface area contributed by atoms with Crippen LogP contribution in [0.5, 0.6) is 0 Å². The summed E-state index contributed by atoms with van der Waals surface area (Å²) in [6.07, 6.45) is -3.20. The Kier molecular flexibility index (Phi) is 3.75. The summed E-state index contributed by atoms with van der Waals surface area (Å²) in [4.78, 5) is 11.2. The Morgan fingerprint density at radius 3 is 2.40 bits per heavy atom. The van der Waals surface area contributed by atoms with Crippen LogP contribution in [0, 0.1) is 0 Å². The molecule has 2 aromatic rings. The van der Waals surface area contributed by atoms with Crippen molar-refractivity contribution in [1.29, 1.82) is 0 Å². The molecule has 2 rings (SSSR count). The van der Waals surface area contributed by atoms with Gasteiger partial charge >= 0.3 is 6.18 Å². The van der Waals surface area contributed by atoms with Crippen LogP contribution in [0.2, 0.25) is 0 Å². The van der Waals surface area contributed by atoms with Gasteiger partial charge in [-0.15, -0.1) is 0 Å². The molecule has 1 amide bonds. The summed E-state index contributed by atoms with van der Waals surface area (Å²) >= 11 is 0. The van der Waals surface area contributed by atoms with E-state index < -0.39 is 17.8 Å². The summed E-state index contributed by atoms with van der Waals surface area (Å²) in [6.45, 7) is 0.181. The molecule has 8 heteroatoms. The minimum atomic E-state index is -4.45. The maximum Gasteiger partial charge on any atom is 0.435 e. The average molecular weight is 284 g/mol. The van der Waals surface area contributed by atoms with Crippen molar-refractivity contribution < 1.29 is 18.0 Å². The first kappa shape index (κ1) is 14.1. The van der Waals surface area contributed by atoms with E-state index in [-0.39, 0.29) is 6.54 Å². The first-order valence-corrected chi connectivity index (χ1v) is 5.60. The average Bonchev–Trinajstić information content (AvgIpc) is 2.87. The Morgan fingerprint density at radius 1 is 1.25 bits per heavy atom. The molecule has 0 radical (unpaired) electrons. The van der Waals surface area contributed by atoms with Crippen molar-refractivity contribution >= 4 is 5.91 Å². The van der Waals surface area contributed by atoms with Gasteiger partial charge < -0.3 is 0 Å². The number of nitrogens with one attached hydrogen (secondary N) is 1. The van der Waals surface area contributed by atoms with Crippen molar-refractivity contribution in [3.05, 3.63) is 53.3 Å². The zero-order valence-corrected chi connectivity index (χ0v) is 10.2. The molecule has 0 unspecified atom stereocenters. The molecule has 20 heavy (non-hydrogen) atoms. The SMILES string of the molecule is NNC(=O)c1ccc(Cn2ccc(C(F)(F)F)n2)cc1. The standard InChI is InChI=1S/C12H11F3N4O/c13-12(14,15)10-5-6-19(18-10)7-8-1-3-9(4-2-8)11(20)17-16/h1-6H,7,16H2,(H,17,20). The fourth-order valence-corrected chi connectivity index (χ4v) is 1.63.